The molecular weight excluding hydrogens is 456 g/mol. The van der Waals surface area contributed by atoms with Crippen molar-refractivity contribution in [1.29, 1.82) is 0 Å². The van der Waals surface area contributed by atoms with Crippen molar-refractivity contribution in [1.82, 2.24) is 20.0 Å². The SMILES string of the molecule is O=C(CSc1nnc(Cc2ccccc2)o1)N1CCN(C(=O)[C@@H]2COc3ccccc3O2)CC1. The molecule has 10 heteroatoms. The van der Waals surface area contributed by atoms with E-state index in [2.05, 4.69) is 10.2 Å². The van der Waals surface area contributed by atoms with Crippen LogP contribution in [0, 0.1) is 0 Å². The maximum atomic E-state index is 12.9. The third-order valence-corrected chi connectivity index (χ3v) is 6.50. The Morgan fingerprint density at radius 3 is 2.41 bits per heavy atom. The second-order valence-electron chi connectivity index (χ2n) is 7.98. The number of rotatable bonds is 6. The molecule has 2 aliphatic heterocycles. The summed E-state index contributed by atoms with van der Waals surface area (Å²) in [6.45, 7) is 2.04. The summed E-state index contributed by atoms with van der Waals surface area (Å²) >= 11 is 1.23. The van der Waals surface area contributed by atoms with Crippen molar-refractivity contribution in [3.63, 3.8) is 0 Å². The number of benzene rings is 2. The number of hydrogen-bond donors (Lipinski definition) is 0. The van der Waals surface area contributed by atoms with Gasteiger partial charge in [0.15, 0.2) is 11.5 Å². The van der Waals surface area contributed by atoms with Gasteiger partial charge < -0.3 is 23.7 Å². The Labute approximate surface area is 201 Å². The number of thioether (sulfide) groups is 1. The first kappa shape index (κ1) is 22.3. The maximum Gasteiger partial charge on any atom is 0.277 e. The number of ether oxygens (including phenoxy) is 2. The molecule has 5 rings (SSSR count). The molecule has 2 aromatic carbocycles. The number of piperazine rings is 1. The van der Waals surface area contributed by atoms with Crippen LogP contribution < -0.4 is 9.47 Å². The molecule has 0 spiro atoms. The molecular formula is C24H24N4O5S. The highest BCUT2D eigenvalue weighted by atomic mass is 32.2. The number of carbonyl (C=O) groups is 2. The Morgan fingerprint density at radius 2 is 1.62 bits per heavy atom. The number of aromatic nitrogens is 2. The predicted octanol–water partition coefficient (Wildman–Crippen LogP) is 2.26. The summed E-state index contributed by atoms with van der Waals surface area (Å²) in [5, 5.41) is 8.47. The predicted molar refractivity (Wildman–Crippen MR) is 124 cm³/mol. The third-order valence-electron chi connectivity index (χ3n) is 5.69. The first-order valence-corrected chi connectivity index (χ1v) is 12.1. The van der Waals surface area contributed by atoms with Crippen LogP contribution in [0.5, 0.6) is 11.5 Å². The number of carbonyl (C=O) groups excluding carboxylic acids is 2. The lowest BCUT2D eigenvalue weighted by Gasteiger charge is -2.37. The number of amides is 2. The number of para-hydroxylation sites is 2. The normalized spacial score (nSPS) is 17.5. The zero-order valence-corrected chi connectivity index (χ0v) is 19.3. The van der Waals surface area contributed by atoms with Crippen LogP contribution in [0.4, 0.5) is 0 Å². The molecule has 2 aliphatic rings. The zero-order valence-electron chi connectivity index (χ0n) is 18.5. The van der Waals surface area contributed by atoms with Crippen LogP contribution in [-0.4, -0.2) is 76.5 Å². The minimum Gasteiger partial charge on any atom is -0.485 e. The quantitative estimate of drug-likeness (QED) is 0.496. The van der Waals surface area contributed by atoms with E-state index in [9.17, 15) is 9.59 Å². The molecule has 3 aromatic rings. The number of nitrogens with zero attached hydrogens (tertiary/aromatic N) is 4. The molecule has 1 saturated heterocycles. The highest BCUT2D eigenvalue weighted by Crippen LogP contribution is 2.31. The van der Waals surface area contributed by atoms with Gasteiger partial charge >= 0.3 is 0 Å². The van der Waals surface area contributed by atoms with Crippen LogP contribution in [0.1, 0.15) is 11.5 Å². The van der Waals surface area contributed by atoms with Crippen molar-refractivity contribution >= 4 is 23.6 Å². The van der Waals surface area contributed by atoms with Gasteiger partial charge in [-0.05, 0) is 17.7 Å². The van der Waals surface area contributed by atoms with Gasteiger partial charge in [0, 0.05) is 26.2 Å². The van der Waals surface area contributed by atoms with E-state index in [4.69, 9.17) is 13.9 Å². The summed E-state index contributed by atoms with van der Waals surface area (Å²) in [6, 6.07) is 17.2. The largest absolute Gasteiger partial charge is 0.485 e. The second kappa shape index (κ2) is 10.2. The molecule has 1 aromatic heterocycles. The van der Waals surface area contributed by atoms with Gasteiger partial charge in [-0.15, -0.1) is 10.2 Å². The fourth-order valence-corrected chi connectivity index (χ4v) is 4.56. The molecule has 0 aliphatic carbocycles. The highest BCUT2D eigenvalue weighted by molar-refractivity contribution is 7.99. The minimum absolute atomic E-state index is 0.0221. The van der Waals surface area contributed by atoms with Gasteiger partial charge in [0.2, 0.25) is 17.9 Å². The highest BCUT2D eigenvalue weighted by Gasteiger charge is 2.33. The smallest absolute Gasteiger partial charge is 0.277 e. The van der Waals surface area contributed by atoms with E-state index in [0.717, 1.165) is 5.56 Å². The van der Waals surface area contributed by atoms with Crippen molar-refractivity contribution < 1.29 is 23.5 Å². The third kappa shape index (κ3) is 5.17. The van der Waals surface area contributed by atoms with Gasteiger partial charge in [-0.2, -0.15) is 0 Å². The minimum atomic E-state index is -0.671. The Morgan fingerprint density at radius 1 is 0.912 bits per heavy atom. The molecule has 3 heterocycles. The Kier molecular flexibility index (Phi) is 6.66. The molecule has 2 amide bonds. The van der Waals surface area contributed by atoms with Gasteiger partial charge in [-0.1, -0.05) is 54.2 Å². The zero-order chi connectivity index (χ0) is 23.3. The molecule has 9 nitrogen and oxygen atoms in total. The first-order valence-electron chi connectivity index (χ1n) is 11.1. The molecule has 1 atom stereocenters. The lowest BCUT2D eigenvalue weighted by atomic mass is 10.2. The van der Waals surface area contributed by atoms with Crippen molar-refractivity contribution in [2.45, 2.75) is 17.7 Å². The fourth-order valence-electron chi connectivity index (χ4n) is 3.87. The van der Waals surface area contributed by atoms with Gasteiger partial charge in [0.1, 0.15) is 6.61 Å². The maximum absolute atomic E-state index is 12.9. The summed E-state index contributed by atoms with van der Waals surface area (Å²) < 4.78 is 17.1. The fraction of sp³-hybridized carbons (Fsp3) is 0.333. The van der Waals surface area contributed by atoms with E-state index in [1.807, 2.05) is 48.5 Å². The van der Waals surface area contributed by atoms with Crippen LogP contribution in [0.3, 0.4) is 0 Å². The van der Waals surface area contributed by atoms with Gasteiger partial charge in [-0.25, -0.2) is 0 Å². The van der Waals surface area contributed by atoms with E-state index in [0.29, 0.717) is 55.2 Å². The Bertz CT molecular complexity index is 1150. The molecule has 0 unspecified atom stereocenters. The van der Waals surface area contributed by atoms with Crippen LogP contribution in [0.2, 0.25) is 0 Å². The van der Waals surface area contributed by atoms with Crippen molar-refractivity contribution in [2.24, 2.45) is 0 Å². The molecule has 0 radical (unpaired) electrons. The van der Waals surface area contributed by atoms with Crippen molar-refractivity contribution in [3.05, 3.63) is 66.1 Å². The van der Waals surface area contributed by atoms with E-state index >= 15 is 0 Å². The van der Waals surface area contributed by atoms with E-state index in [1.54, 1.807) is 15.9 Å². The average molecular weight is 481 g/mol. The number of hydrogen-bond acceptors (Lipinski definition) is 8. The van der Waals surface area contributed by atoms with Gasteiger partial charge in [0.25, 0.3) is 11.1 Å². The van der Waals surface area contributed by atoms with E-state index < -0.39 is 6.10 Å². The Hall–Kier alpha value is -3.53. The topological polar surface area (TPSA) is 98.0 Å². The summed E-state index contributed by atoms with van der Waals surface area (Å²) in [5.74, 6) is 1.81. The molecule has 0 N–H and O–H groups in total. The average Bonchev–Trinajstić information content (AvgIpc) is 3.34. The van der Waals surface area contributed by atoms with E-state index in [-0.39, 0.29) is 24.2 Å². The Balaban J connectivity index is 1.07. The summed E-state index contributed by atoms with van der Waals surface area (Å²) in [6.07, 6.45) is -0.116. The molecule has 0 bridgehead atoms. The standard InChI is InChI=1S/C24H24N4O5S/c29-22(16-34-24-26-25-21(33-24)14-17-6-2-1-3-7-17)27-10-12-28(13-11-27)23(30)20-15-31-18-8-4-5-9-19(18)32-20/h1-9,20H,10-16H2/t20-/m0/s1. The first-order chi connectivity index (χ1) is 16.7. The van der Waals surface area contributed by atoms with E-state index in [1.165, 1.54) is 11.8 Å². The van der Waals surface area contributed by atoms with Crippen LogP contribution >= 0.6 is 11.8 Å². The van der Waals surface area contributed by atoms with Gasteiger partial charge in [-0.3, -0.25) is 9.59 Å². The molecule has 34 heavy (non-hydrogen) atoms. The van der Waals surface area contributed by atoms with Gasteiger partial charge in [0.05, 0.1) is 12.2 Å². The lowest BCUT2D eigenvalue weighted by molar-refractivity contribution is -0.145. The van der Waals surface area contributed by atoms with Crippen LogP contribution in [-0.2, 0) is 16.0 Å². The van der Waals surface area contributed by atoms with Crippen molar-refractivity contribution in [3.8, 4) is 11.5 Å². The van der Waals surface area contributed by atoms with Crippen LogP contribution in [0.15, 0.2) is 64.2 Å². The second-order valence-corrected chi connectivity index (χ2v) is 8.91. The molecule has 0 saturated carbocycles. The monoisotopic (exact) mass is 480 g/mol. The lowest BCUT2D eigenvalue weighted by Crippen LogP contribution is -2.55. The summed E-state index contributed by atoms with van der Waals surface area (Å²) in [4.78, 5) is 29.0. The summed E-state index contributed by atoms with van der Waals surface area (Å²) in [5.41, 5.74) is 1.08. The molecule has 1 fully saturated rings. The molecule has 176 valence electrons. The van der Waals surface area contributed by atoms with Crippen LogP contribution in [0.25, 0.3) is 0 Å². The van der Waals surface area contributed by atoms with Crippen molar-refractivity contribution in [2.75, 3.05) is 38.5 Å². The number of fused-ring (bicyclic) bond motifs is 1. The summed E-state index contributed by atoms with van der Waals surface area (Å²) in [7, 11) is 0.